The Kier molecular flexibility index (Phi) is 6.27. The maximum atomic E-state index is 12.2. The summed E-state index contributed by atoms with van der Waals surface area (Å²) >= 11 is 0. The van der Waals surface area contributed by atoms with Gasteiger partial charge >= 0.3 is 6.03 Å². The molecule has 2 amide bonds. The zero-order chi connectivity index (χ0) is 20.1. The third-order valence-corrected chi connectivity index (χ3v) is 5.48. The van der Waals surface area contributed by atoms with Crippen LogP contribution in [0.2, 0.25) is 0 Å². The second-order valence-corrected chi connectivity index (χ2v) is 7.40. The smallest absolute Gasteiger partial charge is 0.315 e. The van der Waals surface area contributed by atoms with E-state index < -0.39 is 9.85 Å². The van der Waals surface area contributed by atoms with Crippen molar-refractivity contribution in [2.45, 2.75) is 57.0 Å². The van der Waals surface area contributed by atoms with Crippen molar-refractivity contribution in [3.63, 3.8) is 0 Å². The lowest BCUT2D eigenvalue weighted by Gasteiger charge is -2.34. The van der Waals surface area contributed by atoms with Crippen LogP contribution in [0.25, 0.3) is 0 Å². The van der Waals surface area contributed by atoms with Gasteiger partial charge in [-0.3, -0.25) is 20.2 Å². The summed E-state index contributed by atoms with van der Waals surface area (Å²) in [6.07, 6.45) is 6.89. The topological polar surface area (TPSA) is 131 Å². The molecule has 1 saturated carbocycles. The number of hydrogen-bond donors (Lipinski definition) is 2. The Balaban J connectivity index is 1.55. The fourth-order valence-corrected chi connectivity index (χ4v) is 3.96. The summed E-state index contributed by atoms with van der Waals surface area (Å²) in [5.74, 6) is 0. The van der Waals surface area contributed by atoms with Gasteiger partial charge in [0.2, 0.25) is 0 Å². The van der Waals surface area contributed by atoms with E-state index in [4.69, 9.17) is 0 Å². The highest BCUT2D eigenvalue weighted by Crippen LogP contribution is 2.33. The first-order chi connectivity index (χ1) is 13.4. The Bertz CT molecular complexity index is 742. The van der Waals surface area contributed by atoms with Gasteiger partial charge in [0, 0.05) is 31.2 Å². The van der Waals surface area contributed by atoms with Crippen molar-refractivity contribution in [1.29, 1.82) is 0 Å². The minimum absolute atomic E-state index is 0.0111. The zero-order valence-corrected chi connectivity index (χ0v) is 15.6. The molecule has 1 aromatic rings. The molecule has 0 atom stereocenters. The fraction of sp³-hybridized carbons (Fsp3) is 0.611. The molecule has 0 unspecified atom stereocenters. The molecule has 10 heteroatoms. The summed E-state index contributed by atoms with van der Waals surface area (Å²) in [4.78, 5) is 35.0. The zero-order valence-electron chi connectivity index (χ0n) is 15.6. The Morgan fingerprint density at radius 2 is 1.54 bits per heavy atom. The first-order valence-electron chi connectivity index (χ1n) is 9.69. The van der Waals surface area contributed by atoms with Crippen molar-refractivity contribution in [2.75, 3.05) is 18.0 Å². The molecule has 10 nitrogen and oxygen atoms in total. The van der Waals surface area contributed by atoms with E-state index in [-0.39, 0.29) is 29.5 Å². The molecule has 3 rings (SSSR count). The second kappa shape index (κ2) is 8.85. The largest absolute Gasteiger partial charge is 0.366 e. The number of amides is 2. The van der Waals surface area contributed by atoms with E-state index in [0.717, 1.165) is 31.7 Å². The number of nitrogens with one attached hydrogen (secondary N) is 2. The Morgan fingerprint density at radius 1 is 0.929 bits per heavy atom. The van der Waals surface area contributed by atoms with E-state index in [2.05, 4.69) is 10.6 Å². The molecule has 0 radical (unpaired) electrons. The predicted molar refractivity (Wildman–Crippen MR) is 104 cm³/mol. The molecule has 2 N–H and O–H groups in total. The number of non-ortho nitro benzene ring substituents is 1. The SMILES string of the molecule is O=C(NC1CCCCC1)NC1CCN(c2ccc([N+](=O)[O-])cc2[N+](=O)[O-])CC1. The quantitative estimate of drug-likeness (QED) is 0.586. The van der Waals surface area contributed by atoms with Crippen molar-refractivity contribution < 1.29 is 14.6 Å². The molecule has 2 aliphatic rings. The number of nitro groups is 2. The van der Waals surface area contributed by atoms with Crippen molar-refractivity contribution in [3.05, 3.63) is 38.4 Å². The summed E-state index contributed by atoms with van der Waals surface area (Å²) in [6, 6.07) is 3.82. The second-order valence-electron chi connectivity index (χ2n) is 7.40. The number of benzene rings is 1. The van der Waals surface area contributed by atoms with Crippen LogP contribution in [-0.4, -0.2) is 41.1 Å². The maximum Gasteiger partial charge on any atom is 0.315 e. The van der Waals surface area contributed by atoms with E-state index in [1.807, 2.05) is 4.90 Å². The summed E-state index contributed by atoms with van der Waals surface area (Å²) in [5.41, 5.74) is -0.192. The van der Waals surface area contributed by atoms with Crippen LogP contribution in [0, 0.1) is 20.2 Å². The van der Waals surface area contributed by atoms with Gasteiger partial charge in [-0.15, -0.1) is 0 Å². The van der Waals surface area contributed by atoms with E-state index in [9.17, 15) is 25.0 Å². The van der Waals surface area contributed by atoms with Crippen molar-refractivity contribution in [1.82, 2.24) is 10.6 Å². The van der Waals surface area contributed by atoms with Crippen LogP contribution >= 0.6 is 0 Å². The lowest BCUT2D eigenvalue weighted by molar-refractivity contribution is -0.393. The van der Waals surface area contributed by atoms with E-state index in [0.29, 0.717) is 31.6 Å². The number of piperidine rings is 1. The van der Waals surface area contributed by atoms with Gasteiger partial charge in [0.25, 0.3) is 11.4 Å². The molecule has 2 fully saturated rings. The van der Waals surface area contributed by atoms with Crippen LogP contribution < -0.4 is 15.5 Å². The molecule has 1 heterocycles. The fourth-order valence-electron chi connectivity index (χ4n) is 3.96. The van der Waals surface area contributed by atoms with Crippen LogP contribution in [-0.2, 0) is 0 Å². The summed E-state index contributed by atoms with van der Waals surface area (Å²) in [5, 5.41) is 28.2. The highest BCUT2D eigenvalue weighted by Gasteiger charge is 2.28. The molecule has 1 aromatic carbocycles. The van der Waals surface area contributed by atoms with Crippen molar-refractivity contribution >= 4 is 23.1 Å². The van der Waals surface area contributed by atoms with E-state index in [1.54, 1.807) is 0 Å². The molecule has 0 bridgehead atoms. The molecule has 0 spiro atoms. The molecule has 28 heavy (non-hydrogen) atoms. The van der Waals surface area contributed by atoms with Crippen LogP contribution in [0.3, 0.4) is 0 Å². The van der Waals surface area contributed by atoms with Gasteiger partial charge in [0.15, 0.2) is 0 Å². The third-order valence-electron chi connectivity index (χ3n) is 5.48. The minimum Gasteiger partial charge on any atom is -0.366 e. The van der Waals surface area contributed by atoms with Gasteiger partial charge in [-0.1, -0.05) is 19.3 Å². The van der Waals surface area contributed by atoms with Crippen molar-refractivity contribution in [2.24, 2.45) is 0 Å². The van der Waals surface area contributed by atoms with Crippen LogP contribution in [0.5, 0.6) is 0 Å². The summed E-state index contributed by atoms with van der Waals surface area (Å²) < 4.78 is 0. The van der Waals surface area contributed by atoms with Crippen LogP contribution in [0.4, 0.5) is 21.9 Å². The number of hydrogen-bond acceptors (Lipinski definition) is 6. The average Bonchev–Trinajstić information content (AvgIpc) is 2.68. The molecule has 152 valence electrons. The molecule has 1 aliphatic heterocycles. The van der Waals surface area contributed by atoms with Gasteiger partial charge in [0.1, 0.15) is 5.69 Å². The molecule has 0 aromatic heterocycles. The molecule has 1 aliphatic carbocycles. The van der Waals surface area contributed by atoms with E-state index >= 15 is 0 Å². The molecule has 1 saturated heterocycles. The highest BCUT2D eigenvalue weighted by molar-refractivity contribution is 5.74. The normalized spacial score (nSPS) is 18.5. The van der Waals surface area contributed by atoms with E-state index in [1.165, 1.54) is 18.6 Å². The van der Waals surface area contributed by atoms with Gasteiger partial charge in [-0.25, -0.2) is 4.79 Å². The lowest BCUT2D eigenvalue weighted by atomic mass is 9.96. The van der Waals surface area contributed by atoms with Gasteiger partial charge < -0.3 is 15.5 Å². The first kappa shape index (κ1) is 19.8. The maximum absolute atomic E-state index is 12.2. The lowest BCUT2D eigenvalue weighted by Crippen LogP contribution is -2.50. The Labute approximate surface area is 162 Å². The minimum atomic E-state index is -0.641. The number of nitro benzene ring substituents is 2. The van der Waals surface area contributed by atoms with Crippen LogP contribution in [0.1, 0.15) is 44.9 Å². The van der Waals surface area contributed by atoms with Gasteiger partial charge in [0.05, 0.1) is 15.9 Å². The van der Waals surface area contributed by atoms with Crippen molar-refractivity contribution in [3.8, 4) is 0 Å². The first-order valence-corrected chi connectivity index (χ1v) is 9.69. The van der Waals surface area contributed by atoms with Gasteiger partial charge in [-0.05, 0) is 31.7 Å². The number of carbonyl (C=O) groups is 1. The predicted octanol–water partition coefficient (Wildman–Crippen LogP) is 3.10. The standard InChI is InChI=1S/C18H25N5O5/c24-18(19-13-4-2-1-3-5-13)20-14-8-10-21(11-9-14)16-7-6-15(22(25)26)12-17(16)23(27)28/h6-7,12-14H,1-5,8-11H2,(H2,19,20,24). The number of urea groups is 1. The monoisotopic (exact) mass is 391 g/mol. The Morgan fingerprint density at radius 3 is 2.11 bits per heavy atom. The molecular weight excluding hydrogens is 366 g/mol. The number of nitrogens with zero attached hydrogens (tertiary/aromatic N) is 3. The molecular formula is C18H25N5O5. The number of anilines is 1. The average molecular weight is 391 g/mol. The number of rotatable bonds is 5. The summed E-state index contributed by atoms with van der Waals surface area (Å²) in [6.45, 7) is 1.07. The summed E-state index contributed by atoms with van der Waals surface area (Å²) in [7, 11) is 0. The highest BCUT2D eigenvalue weighted by atomic mass is 16.6. The van der Waals surface area contributed by atoms with Gasteiger partial charge in [-0.2, -0.15) is 0 Å². The van der Waals surface area contributed by atoms with Crippen LogP contribution in [0.15, 0.2) is 18.2 Å². The third kappa shape index (κ3) is 4.87. The number of carbonyl (C=O) groups excluding carboxylic acids is 1. The Hall–Kier alpha value is -2.91.